The number of benzene rings is 2. The Labute approximate surface area is 160 Å². The van der Waals surface area contributed by atoms with Gasteiger partial charge in [-0.15, -0.1) is 11.3 Å². The number of rotatable bonds is 4. The lowest BCUT2D eigenvalue weighted by molar-refractivity contribution is 0.0955. The van der Waals surface area contributed by atoms with E-state index in [4.69, 9.17) is 9.88 Å². The molecule has 27 heavy (non-hydrogen) atoms. The van der Waals surface area contributed by atoms with E-state index in [-0.39, 0.29) is 10.8 Å². The van der Waals surface area contributed by atoms with Gasteiger partial charge in [-0.05, 0) is 35.9 Å². The molecule has 1 aliphatic rings. The van der Waals surface area contributed by atoms with Crippen LogP contribution in [0.25, 0.3) is 10.4 Å². The van der Waals surface area contributed by atoms with Crippen LogP contribution in [0.3, 0.4) is 0 Å². The van der Waals surface area contributed by atoms with E-state index in [9.17, 15) is 13.2 Å². The number of ether oxygens (including phenoxy) is 1. The number of amides is 1. The second kappa shape index (κ2) is 6.80. The van der Waals surface area contributed by atoms with E-state index in [0.717, 1.165) is 27.3 Å². The van der Waals surface area contributed by atoms with Gasteiger partial charge in [0.1, 0.15) is 12.4 Å². The van der Waals surface area contributed by atoms with Crippen LogP contribution in [0.15, 0.2) is 59.5 Å². The first-order valence-electron chi connectivity index (χ1n) is 8.17. The maximum absolute atomic E-state index is 12.5. The third-order valence-electron chi connectivity index (χ3n) is 4.25. The van der Waals surface area contributed by atoms with E-state index < -0.39 is 10.0 Å². The number of primary sulfonamides is 1. The molecule has 0 saturated heterocycles. The largest absolute Gasteiger partial charge is 0.488 e. The Hall–Kier alpha value is -2.68. The van der Waals surface area contributed by atoms with Crippen molar-refractivity contribution in [3.05, 3.63) is 70.6 Å². The van der Waals surface area contributed by atoms with E-state index in [1.54, 1.807) is 12.1 Å². The normalized spacial score (nSPS) is 12.6. The van der Waals surface area contributed by atoms with Gasteiger partial charge in [0.25, 0.3) is 5.91 Å². The zero-order chi connectivity index (χ0) is 19.0. The van der Waals surface area contributed by atoms with Crippen LogP contribution in [-0.4, -0.2) is 14.3 Å². The summed E-state index contributed by atoms with van der Waals surface area (Å²) in [6.45, 7) is 0.741. The third-order valence-corrected chi connectivity index (χ3v) is 6.39. The Morgan fingerprint density at radius 1 is 1.15 bits per heavy atom. The van der Waals surface area contributed by atoms with Crippen molar-refractivity contribution >= 4 is 27.3 Å². The Morgan fingerprint density at radius 3 is 2.63 bits per heavy atom. The van der Waals surface area contributed by atoms with E-state index in [2.05, 4.69) is 5.32 Å². The summed E-state index contributed by atoms with van der Waals surface area (Å²) in [5.41, 5.74) is 2.79. The van der Waals surface area contributed by atoms with Gasteiger partial charge in [0.05, 0.1) is 9.77 Å². The molecule has 2 heterocycles. The molecule has 2 aromatic carbocycles. The van der Waals surface area contributed by atoms with E-state index in [1.165, 1.54) is 23.5 Å². The molecular formula is C19H16N2O4S2. The molecule has 4 rings (SSSR count). The number of carbonyl (C=O) groups excluding carboxylic acids is 1. The maximum atomic E-state index is 12.5. The van der Waals surface area contributed by atoms with Crippen molar-refractivity contribution in [1.29, 1.82) is 0 Å². The highest BCUT2D eigenvalue weighted by molar-refractivity contribution is 7.89. The minimum Gasteiger partial charge on any atom is -0.488 e. The average Bonchev–Trinajstić information content (AvgIpc) is 3.11. The number of fused-ring (bicyclic) bond motifs is 3. The van der Waals surface area contributed by atoms with Crippen LogP contribution >= 0.6 is 11.3 Å². The topological polar surface area (TPSA) is 98.5 Å². The molecule has 0 spiro atoms. The molecule has 6 nitrogen and oxygen atoms in total. The van der Waals surface area contributed by atoms with Crippen molar-refractivity contribution in [2.75, 3.05) is 0 Å². The highest BCUT2D eigenvalue weighted by Crippen LogP contribution is 2.42. The molecule has 1 amide bonds. The minimum atomic E-state index is -3.72. The molecule has 3 N–H and O–H groups in total. The van der Waals surface area contributed by atoms with Gasteiger partial charge in [0.15, 0.2) is 0 Å². The number of hydrogen-bond donors (Lipinski definition) is 2. The van der Waals surface area contributed by atoms with Crippen molar-refractivity contribution < 1.29 is 17.9 Å². The molecule has 138 valence electrons. The number of thiophene rings is 1. The average molecular weight is 400 g/mol. The summed E-state index contributed by atoms with van der Waals surface area (Å²) in [4.78, 5) is 14.2. The van der Waals surface area contributed by atoms with Crippen molar-refractivity contribution in [3.8, 4) is 16.2 Å². The molecule has 3 aromatic rings. The zero-order valence-electron chi connectivity index (χ0n) is 14.1. The summed E-state index contributed by atoms with van der Waals surface area (Å²) in [6, 6.07) is 15.7. The van der Waals surface area contributed by atoms with Gasteiger partial charge in [0.2, 0.25) is 10.0 Å². The molecule has 0 saturated carbocycles. The molecule has 0 fully saturated rings. The summed E-state index contributed by atoms with van der Waals surface area (Å²) in [6.07, 6.45) is 0. The van der Waals surface area contributed by atoms with Gasteiger partial charge < -0.3 is 10.1 Å². The molecule has 0 bridgehead atoms. The van der Waals surface area contributed by atoms with Crippen molar-refractivity contribution in [3.63, 3.8) is 0 Å². The molecule has 0 unspecified atom stereocenters. The molecule has 0 aliphatic carbocycles. The van der Waals surface area contributed by atoms with Crippen LogP contribution in [0.4, 0.5) is 0 Å². The lowest BCUT2D eigenvalue weighted by Gasteiger charge is -2.16. The van der Waals surface area contributed by atoms with Crippen LogP contribution in [-0.2, 0) is 23.2 Å². The zero-order valence-corrected chi connectivity index (χ0v) is 15.8. The van der Waals surface area contributed by atoms with Crippen LogP contribution in [0, 0.1) is 0 Å². The van der Waals surface area contributed by atoms with Gasteiger partial charge in [-0.2, -0.15) is 0 Å². The van der Waals surface area contributed by atoms with E-state index >= 15 is 0 Å². The fourth-order valence-electron chi connectivity index (χ4n) is 2.88. The summed E-state index contributed by atoms with van der Waals surface area (Å²) in [5, 5.41) is 7.94. The Morgan fingerprint density at radius 2 is 1.89 bits per heavy atom. The predicted molar refractivity (Wildman–Crippen MR) is 103 cm³/mol. The van der Waals surface area contributed by atoms with Gasteiger partial charge >= 0.3 is 0 Å². The fourth-order valence-corrected chi connectivity index (χ4v) is 4.51. The lowest BCUT2D eigenvalue weighted by Crippen LogP contribution is -2.21. The summed E-state index contributed by atoms with van der Waals surface area (Å²) in [5.74, 6) is 0.649. The number of carbonyl (C=O) groups is 1. The molecule has 0 radical (unpaired) electrons. The fraction of sp³-hybridized carbons (Fsp3) is 0.105. The standard InChI is InChI=1S/C19H16N2O4S2/c20-27(23,24)14-7-5-12(6-8-14)10-21-19(22)17-9-13-11-25-16-4-2-1-3-15(16)18(13)26-17/h1-9H,10-11H2,(H,21,22)(H2,20,23,24). The van der Waals surface area contributed by atoms with E-state index in [1.807, 2.05) is 30.3 Å². The van der Waals surface area contributed by atoms with Crippen LogP contribution in [0.2, 0.25) is 0 Å². The second-order valence-corrected chi connectivity index (χ2v) is 8.74. The highest BCUT2D eigenvalue weighted by atomic mass is 32.2. The number of para-hydroxylation sites is 1. The lowest BCUT2D eigenvalue weighted by atomic mass is 10.1. The number of sulfonamides is 1. The molecule has 8 heteroatoms. The molecule has 1 aromatic heterocycles. The first-order valence-corrected chi connectivity index (χ1v) is 10.5. The van der Waals surface area contributed by atoms with Crippen molar-refractivity contribution in [2.45, 2.75) is 18.0 Å². The molecule has 0 atom stereocenters. The first-order chi connectivity index (χ1) is 12.9. The van der Waals surface area contributed by atoms with Gasteiger partial charge in [-0.25, -0.2) is 13.6 Å². The molecular weight excluding hydrogens is 384 g/mol. The van der Waals surface area contributed by atoms with Crippen LogP contribution < -0.4 is 15.2 Å². The van der Waals surface area contributed by atoms with Gasteiger partial charge in [-0.3, -0.25) is 4.79 Å². The van der Waals surface area contributed by atoms with Gasteiger partial charge in [0, 0.05) is 22.5 Å². The SMILES string of the molecule is NS(=O)(=O)c1ccc(CNC(=O)c2cc3c(s2)-c2ccccc2OC3)cc1. The Bertz CT molecular complexity index is 1120. The summed E-state index contributed by atoms with van der Waals surface area (Å²) >= 11 is 1.44. The highest BCUT2D eigenvalue weighted by Gasteiger charge is 2.22. The third kappa shape index (κ3) is 3.59. The minimum absolute atomic E-state index is 0.0437. The Kier molecular flexibility index (Phi) is 4.47. The number of hydrogen-bond acceptors (Lipinski definition) is 5. The smallest absolute Gasteiger partial charge is 0.261 e. The quantitative estimate of drug-likeness (QED) is 0.703. The predicted octanol–water partition coefficient (Wildman–Crippen LogP) is 2.88. The summed E-state index contributed by atoms with van der Waals surface area (Å²) in [7, 11) is -3.72. The van der Waals surface area contributed by atoms with Crippen LogP contribution in [0.5, 0.6) is 5.75 Å². The monoisotopic (exact) mass is 400 g/mol. The van der Waals surface area contributed by atoms with Crippen molar-refractivity contribution in [2.24, 2.45) is 5.14 Å². The van der Waals surface area contributed by atoms with Gasteiger partial charge in [-0.1, -0.05) is 24.3 Å². The second-order valence-electron chi connectivity index (χ2n) is 6.12. The maximum Gasteiger partial charge on any atom is 0.261 e. The first kappa shape index (κ1) is 17.7. The Balaban J connectivity index is 1.48. The summed E-state index contributed by atoms with van der Waals surface area (Å²) < 4.78 is 28.3. The number of nitrogens with one attached hydrogen (secondary N) is 1. The van der Waals surface area contributed by atoms with Crippen LogP contribution in [0.1, 0.15) is 20.8 Å². The number of nitrogens with two attached hydrogens (primary N) is 1. The van der Waals surface area contributed by atoms with E-state index in [0.29, 0.717) is 18.0 Å². The molecule has 1 aliphatic heterocycles. The van der Waals surface area contributed by atoms with Crippen molar-refractivity contribution in [1.82, 2.24) is 5.32 Å².